The fourth-order valence-electron chi connectivity index (χ4n) is 1.32. The number of hydrogen-bond acceptors (Lipinski definition) is 2. The molecule has 4 nitrogen and oxygen atoms in total. The summed E-state index contributed by atoms with van der Waals surface area (Å²) in [6, 6.07) is 1.29. The van der Waals surface area contributed by atoms with E-state index >= 15 is 0 Å². The molecule has 0 fully saturated rings. The van der Waals surface area contributed by atoms with Crippen LogP contribution in [0, 0.1) is 6.92 Å². The van der Waals surface area contributed by atoms with Crippen molar-refractivity contribution in [3.8, 4) is 0 Å². The molecule has 0 aliphatic rings. The third-order valence-corrected chi connectivity index (χ3v) is 2.02. The van der Waals surface area contributed by atoms with Crippen LogP contribution in [0.4, 0.5) is 8.78 Å². The summed E-state index contributed by atoms with van der Waals surface area (Å²) in [4.78, 5) is 11.3. The van der Waals surface area contributed by atoms with Crippen LogP contribution in [0.25, 0.3) is 0 Å². The Hall–Kier alpha value is -1.46. The van der Waals surface area contributed by atoms with E-state index in [9.17, 15) is 13.6 Å². The first-order valence-electron chi connectivity index (χ1n) is 5.13. The second kappa shape index (κ2) is 5.58. The van der Waals surface area contributed by atoms with Crippen LogP contribution >= 0.6 is 0 Å². The molecular formula is C10H15F2N3O. The van der Waals surface area contributed by atoms with Crippen LogP contribution in [0.3, 0.4) is 0 Å². The molecule has 1 aromatic rings. The summed E-state index contributed by atoms with van der Waals surface area (Å²) in [5.74, 6) is -0.299. The highest BCUT2D eigenvalue weighted by Crippen LogP contribution is 2.19. The Morgan fingerprint density at radius 2 is 2.31 bits per heavy atom. The fraction of sp³-hybridized carbons (Fsp3) is 0.600. The van der Waals surface area contributed by atoms with E-state index in [1.165, 1.54) is 6.07 Å². The molecular weight excluding hydrogens is 216 g/mol. The average molecular weight is 231 g/mol. The Bertz CT molecular complexity index is 363. The van der Waals surface area contributed by atoms with Gasteiger partial charge in [-0.2, -0.15) is 5.10 Å². The van der Waals surface area contributed by atoms with Crippen molar-refractivity contribution in [3.05, 3.63) is 17.5 Å². The third-order valence-electron chi connectivity index (χ3n) is 2.02. The van der Waals surface area contributed by atoms with Gasteiger partial charge in [0.2, 0.25) is 5.91 Å². The van der Waals surface area contributed by atoms with Crippen molar-refractivity contribution in [2.45, 2.75) is 33.2 Å². The summed E-state index contributed by atoms with van der Waals surface area (Å²) in [6.07, 6.45) is -1.80. The first-order chi connectivity index (χ1) is 7.54. The largest absolute Gasteiger partial charge is 0.355 e. The van der Waals surface area contributed by atoms with Gasteiger partial charge < -0.3 is 5.32 Å². The molecule has 1 aromatic heterocycles. The number of alkyl halides is 2. The van der Waals surface area contributed by atoms with Crippen LogP contribution < -0.4 is 5.32 Å². The molecule has 90 valence electrons. The maximum atomic E-state index is 12.6. The van der Waals surface area contributed by atoms with Crippen LogP contribution in [-0.4, -0.2) is 22.2 Å². The van der Waals surface area contributed by atoms with E-state index in [1.54, 1.807) is 6.92 Å². The summed E-state index contributed by atoms with van der Waals surface area (Å²) in [5, 5.41) is 6.47. The lowest BCUT2D eigenvalue weighted by molar-refractivity contribution is -0.121. The highest BCUT2D eigenvalue weighted by molar-refractivity contribution is 5.75. The molecule has 0 atom stereocenters. The minimum Gasteiger partial charge on any atom is -0.355 e. The zero-order valence-electron chi connectivity index (χ0n) is 9.33. The maximum absolute atomic E-state index is 12.6. The summed E-state index contributed by atoms with van der Waals surface area (Å²) in [7, 11) is 0. The van der Waals surface area contributed by atoms with E-state index < -0.39 is 6.43 Å². The molecule has 16 heavy (non-hydrogen) atoms. The van der Waals surface area contributed by atoms with Gasteiger partial charge in [0, 0.05) is 6.54 Å². The lowest BCUT2D eigenvalue weighted by Crippen LogP contribution is -2.29. The molecule has 1 rings (SSSR count). The van der Waals surface area contributed by atoms with Gasteiger partial charge >= 0.3 is 0 Å². The number of rotatable bonds is 5. The van der Waals surface area contributed by atoms with Crippen molar-refractivity contribution >= 4 is 5.91 Å². The second-order valence-electron chi connectivity index (χ2n) is 3.52. The molecule has 1 amide bonds. The summed E-state index contributed by atoms with van der Waals surface area (Å²) in [5.41, 5.74) is 0.266. The number of carbonyl (C=O) groups excluding carboxylic acids is 1. The number of aromatic nitrogens is 2. The molecule has 0 unspecified atom stereocenters. The molecule has 0 saturated carbocycles. The normalized spacial score (nSPS) is 10.8. The van der Waals surface area contributed by atoms with Crippen molar-refractivity contribution in [1.29, 1.82) is 0 Å². The maximum Gasteiger partial charge on any atom is 0.280 e. The van der Waals surface area contributed by atoms with Crippen LogP contribution in [0.5, 0.6) is 0 Å². The van der Waals surface area contributed by atoms with Gasteiger partial charge in [0.25, 0.3) is 6.43 Å². The topological polar surface area (TPSA) is 46.9 Å². The SMILES string of the molecule is CCCNC(=O)Cn1nc(C)cc1C(F)F. The highest BCUT2D eigenvalue weighted by Gasteiger charge is 2.16. The molecule has 0 aromatic carbocycles. The molecule has 0 bridgehead atoms. The fourth-order valence-corrected chi connectivity index (χ4v) is 1.32. The second-order valence-corrected chi connectivity index (χ2v) is 3.52. The standard InChI is InChI=1S/C10H15F2N3O/c1-3-4-13-9(16)6-15-8(10(11)12)5-7(2)14-15/h5,10H,3-4,6H2,1-2H3,(H,13,16). The van der Waals surface area contributed by atoms with Gasteiger partial charge in [0.15, 0.2) is 0 Å². The summed E-state index contributed by atoms with van der Waals surface area (Å²) >= 11 is 0. The molecule has 0 spiro atoms. The van der Waals surface area contributed by atoms with Gasteiger partial charge in [-0.15, -0.1) is 0 Å². The number of aryl methyl sites for hydroxylation is 1. The predicted octanol–water partition coefficient (Wildman–Crippen LogP) is 1.66. The lowest BCUT2D eigenvalue weighted by Gasteiger charge is -2.06. The Kier molecular flexibility index (Phi) is 4.39. The monoisotopic (exact) mass is 231 g/mol. The Morgan fingerprint density at radius 3 is 2.88 bits per heavy atom. The molecule has 0 aliphatic heterocycles. The number of halogens is 2. The number of nitrogens with one attached hydrogen (secondary N) is 1. The van der Waals surface area contributed by atoms with Crippen molar-refractivity contribution in [3.63, 3.8) is 0 Å². The summed E-state index contributed by atoms with van der Waals surface area (Å²) < 4.78 is 26.1. The van der Waals surface area contributed by atoms with E-state index in [4.69, 9.17) is 0 Å². The van der Waals surface area contributed by atoms with E-state index in [0.717, 1.165) is 11.1 Å². The van der Waals surface area contributed by atoms with Gasteiger partial charge in [-0.1, -0.05) is 6.92 Å². The number of hydrogen-bond donors (Lipinski definition) is 1. The quantitative estimate of drug-likeness (QED) is 0.837. The van der Waals surface area contributed by atoms with Crippen molar-refractivity contribution < 1.29 is 13.6 Å². The van der Waals surface area contributed by atoms with Gasteiger partial charge in [0.05, 0.1) is 5.69 Å². The number of carbonyl (C=O) groups is 1. The van der Waals surface area contributed by atoms with Gasteiger partial charge in [-0.3, -0.25) is 9.48 Å². The Balaban J connectivity index is 2.68. The average Bonchev–Trinajstić information content (AvgIpc) is 2.56. The van der Waals surface area contributed by atoms with E-state index in [0.29, 0.717) is 12.2 Å². The van der Waals surface area contributed by atoms with Crippen molar-refractivity contribution in [2.75, 3.05) is 6.54 Å². The van der Waals surface area contributed by atoms with E-state index in [1.807, 2.05) is 6.92 Å². The van der Waals surface area contributed by atoms with Crippen LogP contribution in [0.15, 0.2) is 6.07 Å². The minimum absolute atomic E-state index is 0.159. The van der Waals surface area contributed by atoms with Crippen molar-refractivity contribution in [1.82, 2.24) is 15.1 Å². The van der Waals surface area contributed by atoms with Gasteiger partial charge in [-0.25, -0.2) is 8.78 Å². The predicted molar refractivity (Wildman–Crippen MR) is 55.2 cm³/mol. The molecule has 0 radical (unpaired) electrons. The van der Waals surface area contributed by atoms with Gasteiger partial charge in [0.1, 0.15) is 12.2 Å². The molecule has 0 aliphatic carbocycles. The zero-order valence-corrected chi connectivity index (χ0v) is 9.33. The van der Waals surface area contributed by atoms with E-state index in [-0.39, 0.29) is 18.1 Å². The Morgan fingerprint density at radius 1 is 1.62 bits per heavy atom. The first-order valence-corrected chi connectivity index (χ1v) is 5.13. The number of nitrogens with zero attached hydrogens (tertiary/aromatic N) is 2. The van der Waals surface area contributed by atoms with Gasteiger partial charge in [-0.05, 0) is 19.4 Å². The minimum atomic E-state index is -2.61. The van der Waals surface area contributed by atoms with Crippen LogP contribution in [-0.2, 0) is 11.3 Å². The molecule has 1 N–H and O–H groups in total. The first kappa shape index (κ1) is 12.6. The van der Waals surface area contributed by atoms with E-state index in [2.05, 4.69) is 10.4 Å². The third kappa shape index (κ3) is 3.29. The molecule has 6 heteroatoms. The lowest BCUT2D eigenvalue weighted by atomic mass is 10.4. The summed E-state index contributed by atoms with van der Waals surface area (Å²) in [6.45, 7) is 3.92. The van der Waals surface area contributed by atoms with Crippen LogP contribution in [0.1, 0.15) is 31.2 Å². The van der Waals surface area contributed by atoms with Crippen LogP contribution in [0.2, 0.25) is 0 Å². The Labute approximate surface area is 92.6 Å². The smallest absolute Gasteiger partial charge is 0.280 e. The molecule has 0 saturated heterocycles. The number of amides is 1. The highest BCUT2D eigenvalue weighted by atomic mass is 19.3. The zero-order chi connectivity index (χ0) is 12.1. The molecule has 1 heterocycles. The van der Waals surface area contributed by atoms with Crippen molar-refractivity contribution in [2.24, 2.45) is 0 Å².